The first-order valence-corrected chi connectivity index (χ1v) is 8.95. The highest BCUT2D eigenvalue weighted by Gasteiger charge is 2.37. The lowest BCUT2D eigenvalue weighted by Crippen LogP contribution is -2.44. The number of rotatable bonds is 5. The van der Waals surface area contributed by atoms with Crippen molar-refractivity contribution in [3.05, 3.63) is 53.9 Å². The Balaban J connectivity index is 1.46. The molecular weight excluding hydrogens is 346 g/mol. The van der Waals surface area contributed by atoms with Crippen LogP contribution in [0.3, 0.4) is 0 Å². The minimum Gasteiger partial charge on any atom is -0.454 e. The molecule has 1 saturated heterocycles. The van der Waals surface area contributed by atoms with Gasteiger partial charge in [-0.15, -0.1) is 0 Å². The summed E-state index contributed by atoms with van der Waals surface area (Å²) in [4.78, 5) is 32.9. The third-order valence-electron chi connectivity index (χ3n) is 4.90. The first-order valence-electron chi connectivity index (χ1n) is 8.95. The minimum absolute atomic E-state index is 0.00254. The van der Waals surface area contributed by atoms with Gasteiger partial charge < -0.3 is 19.3 Å². The maximum Gasteiger partial charge on any atom is 0.245 e. The van der Waals surface area contributed by atoms with E-state index in [4.69, 9.17) is 9.47 Å². The van der Waals surface area contributed by atoms with E-state index in [-0.39, 0.29) is 18.6 Å². The molecule has 1 fully saturated rings. The predicted molar refractivity (Wildman–Crippen MR) is 96.8 cm³/mol. The Bertz CT molecular complexity index is 856. The van der Waals surface area contributed by atoms with Crippen molar-refractivity contribution in [2.24, 2.45) is 0 Å². The first kappa shape index (κ1) is 17.3. The van der Waals surface area contributed by atoms with Crippen LogP contribution in [0.1, 0.15) is 24.1 Å². The maximum atomic E-state index is 12.9. The summed E-state index contributed by atoms with van der Waals surface area (Å²) >= 11 is 0. The molecule has 3 heterocycles. The quantitative estimate of drug-likeness (QED) is 0.808. The van der Waals surface area contributed by atoms with E-state index in [0.717, 1.165) is 11.3 Å². The highest BCUT2D eigenvalue weighted by Crippen LogP contribution is 2.33. The number of pyridine rings is 1. The van der Waals surface area contributed by atoms with Gasteiger partial charge in [-0.3, -0.25) is 14.6 Å². The first-order chi connectivity index (χ1) is 13.1. The fourth-order valence-electron chi connectivity index (χ4n) is 3.49. The second kappa shape index (κ2) is 7.26. The zero-order valence-electron chi connectivity index (χ0n) is 15.1. The molecule has 4 rings (SSSR count). The maximum absolute atomic E-state index is 12.9. The fraction of sp³-hybridized carbons (Fsp3) is 0.350. The molecule has 2 amide bonds. The van der Waals surface area contributed by atoms with Crippen molar-refractivity contribution in [2.75, 3.05) is 13.8 Å². The molecule has 2 aromatic rings. The van der Waals surface area contributed by atoms with Crippen molar-refractivity contribution in [2.45, 2.75) is 32.0 Å². The van der Waals surface area contributed by atoms with Gasteiger partial charge in [0, 0.05) is 26.2 Å². The Morgan fingerprint density at radius 3 is 2.93 bits per heavy atom. The van der Waals surface area contributed by atoms with Crippen molar-refractivity contribution < 1.29 is 19.1 Å². The number of fused-ring (bicyclic) bond motifs is 1. The lowest BCUT2D eigenvalue weighted by Gasteiger charge is -2.28. The molecule has 27 heavy (non-hydrogen) atoms. The third kappa shape index (κ3) is 3.58. The molecule has 2 aliphatic heterocycles. The van der Waals surface area contributed by atoms with Crippen molar-refractivity contribution in [3.63, 3.8) is 0 Å². The zero-order chi connectivity index (χ0) is 18.8. The molecule has 0 spiro atoms. The highest BCUT2D eigenvalue weighted by molar-refractivity contribution is 5.90. The van der Waals surface area contributed by atoms with Gasteiger partial charge in [-0.05, 0) is 36.2 Å². The van der Waals surface area contributed by atoms with E-state index in [2.05, 4.69) is 4.98 Å². The van der Waals surface area contributed by atoms with Crippen LogP contribution in [0.5, 0.6) is 11.5 Å². The molecule has 0 aliphatic carbocycles. The van der Waals surface area contributed by atoms with Gasteiger partial charge in [0.15, 0.2) is 11.5 Å². The van der Waals surface area contributed by atoms with Crippen LogP contribution in [0.2, 0.25) is 0 Å². The largest absolute Gasteiger partial charge is 0.454 e. The number of ether oxygens (including phenoxy) is 2. The molecule has 0 saturated carbocycles. The van der Waals surface area contributed by atoms with Crippen molar-refractivity contribution in [1.82, 2.24) is 14.8 Å². The molecule has 140 valence electrons. The highest BCUT2D eigenvalue weighted by atomic mass is 16.7. The molecule has 1 aromatic heterocycles. The van der Waals surface area contributed by atoms with Crippen LogP contribution in [0.25, 0.3) is 0 Å². The fourth-order valence-corrected chi connectivity index (χ4v) is 3.49. The monoisotopic (exact) mass is 367 g/mol. The topological polar surface area (TPSA) is 72.0 Å². The van der Waals surface area contributed by atoms with E-state index in [1.807, 2.05) is 36.4 Å². The van der Waals surface area contributed by atoms with Crippen LogP contribution in [0.4, 0.5) is 0 Å². The van der Waals surface area contributed by atoms with Gasteiger partial charge in [-0.25, -0.2) is 0 Å². The second-order valence-corrected chi connectivity index (χ2v) is 6.78. The van der Waals surface area contributed by atoms with Gasteiger partial charge in [-0.1, -0.05) is 12.1 Å². The molecule has 1 atom stereocenters. The Morgan fingerprint density at radius 1 is 1.26 bits per heavy atom. The molecule has 2 aliphatic rings. The Hall–Kier alpha value is -3.09. The van der Waals surface area contributed by atoms with Gasteiger partial charge in [0.05, 0.1) is 12.2 Å². The van der Waals surface area contributed by atoms with Gasteiger partial charge in [0.1, 0.15) is 6.04 Å². The summed E-state index contributed by atoms with van der Waals surface area (Å²) < 4.78 is 10.7. The van der Waals surface area contributed by atoms with Gasteiger partial charge in [-0.2, -0.15) is 0 Å². The number of benzene rings is 1. The zero-order valence-corrected chi connectivity index (χ0v) is 15.1. The van der Waals surface area contributed by atoms with E-state index in [0.29, 0.717) is 37.4 Å². The molecule has 0 bridgehead atoms. The number of carbonyl (C=O) groups excluding carboxylic acids is 2. The van der Waals surface area contributed by atoms with Gasteiger partial charge in [0.25, 0.3) is 0 Å². The van der Waals surface area contributed by atoms with Crippen LogP contribution >= 0.6 is 0 Å². The summed E-state index contributed by atoms with van der Waals surface area (Å²) in [5, 5.41) is 0. The summed E-state index contributed by atoms with van der Waals surface area (Å²) in [6.45, 7) is 1.01. The summed E-state index contributed by atoms with van der Waals surface area (Å²) in [5.74, 6) is 1.31. The number of likely N-dealkylation sites (tertiary alicyclic amines) is 1. The normalized spacial score (nSPS) is 18.0. The van der Waals surface area contributed by atoms with Crippen LogP contribution in [-0.4, -0.2) is 46.5 Å². The number of hydrogen-bond donors (Lipinski definition) is 0. The summed E-state index contributed by atoms with van der Waals surface area (Å²) in [6.07, 6.45) is 2.63. The number of aromatic nitrogens is 1. The SMILES string of the molecule is CN(Cc1ccccn1)C(=O)C1CCC(=O)N1Cc1ccc2c(c1)OCO2. The summed E-state index contributed by atoms with van der Waals surface area (Å²) in [5.41, 5.74) is 1.74. The molecule has 7 nitrogen and oxygen atoms in total. The lowest BCUT2D eigenvalue weighted by molar-refractivity contribution is -0.141. The van der Waals surface area contributed by atoms with Crippen LogP contribution in [-0.2, 0) is 22.7 Å². The van der Waals surface area contributed by atoms with Gasteiger partial charge in [0.2, 0.25) is 18.6 Å². The average molecular weight is 367 g/mol. The van der Waals surface area contributed by atoms with Crippen molar-refractivity contribution in [3.8, 4) is 11.5 Å². The van der Waals surface area contributed by atoms with Gasteiger partial charge >= 0.3 is 0 Å². The molecule has 7 heteroatoms. The molecular formula is C20H21N3O4. The predicted octanol–water partition coefficient (Wildman–Crippen LogP) is 1.96. The van der Waals surface area contributed by atoms with E-state index < -0.39 is 6.04 Å². The van der Waals surface area contributed by atoms with E-state index in [1.54, 1.807) is 23.0 Å². The van der Waals surface area contributed by atoms with E-state index in [9.17, 15) is 9.59 Å². The number of hydrogen-bond acceptors (Lipinski definition) is 5. The Labute approximate surface area is 157 Å². The smallest absolute Gasteiger partial charge is 0.245 e. The third-order valence-corrected chi connectivity index (χ3v) is 4.90. The standard InChI is InChI=1S/C20H21N3O4/c1-22(12-15-4-2-3-9-21-15)20(25)16-6-8-19(24)23(16)11-14-5-7-17-18(10-14)27-13-26-17/h2-5,7,9-10,16H,6,8,11-13H2,1H3. The van der Waals surface area contributed by atoms with Crippen LogP contribution in [0.15, 0.2) is 42.6 Å². The van der Waals surface area contributed by atoms with Crippen LogP contribution < -0.4 is 9.47 Å². The Kier molecular flexibility index (Phi) is 4.66. The molecule has 1 unspecified atom stereocenters. The number of nitrogens with zero attached hydrogens (tertiary/aromatic N) is 3. The molecule has 0 radical (unpaired) electrons. The lowest BCUT2D eigenvalue weighted by atomic mass is 10.1. The number of likely N-dealkylation sites (N-methyl/N-ethyl adjacent to an activating group) is 1. The number of carbonyl (C=O) groups is 2. The minimum atomic E-state index is -0.448. The summed E-state index contributed by atoms with van der Waals surface area (Å²) in [7, 11) is 1.75. The molecule has 1 aromatic carbocycles. The Morgan fingerprint density at radius 2 is 2.11 bits per heavy atom. The number of amides is 2. The summed E-state index contributed by atoms with van der Waals surface area (Å²) in [6, 6.07) is 10.8. The van der Waals surface area contributed by atoms with Crippen molar-refractivity contribution >= 4 is 11.8 Å². The average Bonchev–Trinajstić information content (AvgIpc) is 3.29. The second-order valence-electron chi connectivity index (χ2n) is 6.78. The van der Waals surface area contributed by atoms with E-state index in [1.165, 1.54) is 0 Å². The van der Waals surface area contributed by atoms with Crippen LogP contribution in [0, 0.1) is 0 Å². The van der Waals surface area contributed by atoms with Crippen molar-refractivity contribution in [1.29, 1.82) is 0 Å². The molecule has 0 N–H and O–H groups in total. The van der Waals surface area contributed by atoms with E-state index >= 15 is 0 Å².